The molecular formula is C27H23FN2. The van der Waals surface area contributed by atoms with Crippen LogP contribution in [-0.2, 0) is 0 Å². The molecule has 1 aromatic heterocycles. The largest absolute Gasteiger partial charge is 0.344 e. The van der Waals surface area contributed by atoms with Crippen LogP contribution in [0.3, 0.4) is 0 Å². The number of aryl methyl sites for hydroxylation is 1. The first-order valence-corrected chi connectivity index (χ1v) is 10.3. The number of aromatic nitrogens is 1. The summed E-state index contributed by atoms with van der Waals surface area (Å²) in [6.45, 7) is 6.25. The summed E-state index contributed by atoms with van der Waals surface area (Å²) >= 11 is 0. The van der Waals surface area contributed by atoms with E-state index >= 15 is 0 Å². The van der Waals surface area contributed by atoms with Gasteiger partial charge in [-0.05, 0) is 71.2 Å². The van der Waals surface area contributed by atoms with Crippen LogP contribution in [0.15, 0.2) is 91.3 Å². The standard InChI is InChI=1S/C27H23FN2/c1-17-8-11-23(28)14-24(17)21-10-9-20-13-27(29-16-22(20)12-21)30-18(2)25-15-26(25)19-6-4-3-5-7-19/h3-14,16,25-26H,2,15H2,1H3,(H,29,30). The third-order valence-electron chi connectivity index (χ3n) is 5.99. The SMILES string of the molecule is C=C(Nc1cc2ccc(-c3cc(F)ccc3C)cc2cn1)C1CC1c1ccccc1. The van der Waals surface area contributed by atoms with Crippen LogP contribution in [0.5, 0.6) is 0 Å². The number of hydrogen-bond donors (Lipinski definition) is 1. The van der Waals surface area contributed by atoms with Crippen LogP contribution in [0, 0.1) is 18.7 Å². The second kappa shape index (κ2) is 7.42. The molecule has 3 heteroatoms. The van der Waals surface area contributed by atoms with Crippen LogP contribution in [0.1, 0.15) is 23.5 Å². The quantitative estimate of drug-likeness (QED) is 0.391. The van der Waals surface area contributed by atoms with E-state index in [2.05, 4.69) is 53.3 Å². The Morgan fingerprint density at radius 3 is 2.67 bits per heavy atom. The number of nitrogens with zero attached hydrogens (tertiary/aromatic N) is 1. The van der Waals surface area contributed by atoms with E-state index in [1.54, 1.807) is 6.07 Å². The molecule has 148 valence electrons. The zero-order valence-electron chi connectivity index (χ0n) is 16.9. The Morgan fingerprint density at radius 1 is 1.00 bits per heavy atom. The number of pyridine rings is 1. The van der Waals surface area contributed by atoms with E-state index in [0.29, 0.717) is 11.8 Å². The summed E-state index contributed by atoms with van der Waals surface area (Å²) in [6.07, 6.45) is 2.99. The number of anilines is 1. The summed E-state index contributed by atoms with van der Waals surface area (Å²) < 4.78 is 13.7. The van der Waals surface area contributed by atoms with Gasteiger partial charge < -0.3 is 5.32 Å². The van der Waals surface area contributed by atoms with E-state index < -0.39 is 0 Å². The fourth-order valence-corrected chi connectivity index (χ4v) is 4.19. The zero-order chi connectivity index (χ0) is 20.7. The third kappa shape index (κ3) is 3.59. The lowest BCUT2D eigenvalue weighted by Crippen LogP contribution is -2.03. The summed E-state index contributed by atoms with van der Waals surface area (Å²) in [5.41, 5.74) is 5.35. The van der Waals surface area contributed by atoms with Gasteiger partial charge in [0.05, 0.1) is 0 Å². The number of fused-ring (bicyclic) bond motifs is 1. The van der Waals surface area contributed by atoms with Gasteiger partial charge in [-0.3, -0.25) is 0 Å². The summed E-state index contributed by atoms with van der Waals surface area (Å²) in [7, 11) is 0. The van der Waals surface area contributed by atoms with E-state index in [1.807, 2.05) is 37.4 Å². The molecule has 5 rings (SSSR count). The molecule has 0 amide bonds. The first kappa shape index (κ1) is 18.6. The van der Waals surface area contributed by atoms with Crippen molar-refractivity contribution in [1.82, 2.24) is 4.98 Å². The Morgan fingerprint density at radius 2 is 1.83 bits per heavy atom. The maximum Gasteiger partial charge on any atom is 0.130 e. The highest BCUT2D eigenvalue weighted by atomic mass is 19.1. The van der Waals surface area contributed by atoms with Crippen molar-refractivity contribution >= 4 is 16.6 Å². The molecule has 30 heavy (non-hydrogen) atoms. The lowest BCUT2D eigenvalue weighted by Gasteiger charge is -2.11. The number of halogens is 1. The van der Waals surface area contributed by atoms with Gasteiger partial charge in [-0.25, -0.2) is 9.37 Å². The Kier molecular flexibility index (Phi) is 4.59. The minimum absolute atomic E-state index is 0.222. The third-order valence-corrected chi connectivity index (χ3v) is 5.99. The Labute approximate surface area is 176 Å². The molecule has 2 atom stereocenters. The highest BCUT2D eigenvalue weighted by Gasteiger charge is 2.40. The average molecular weight is 394 g/mol. The van der Waals surface area contributed by atoms with Gasteiger partial charge in [0.25, 0.3) is 0 Å². The smallest absolute Gasteiger partial charge is 0.130 e. The van der Waals surface area contributed by atoms with Crippen LogP contribution in [0.25, 0.3) is 21.9 Å². The van der Waals surface area contributed by atoms with Gasteiger partial charge in [0.1, 0.15) is 11.6 Å². The zero-order valence-corrected chi connectivity index (χ0v) is 16.9. The van der Waals surface area contributed by atoms with Crippen LogP contribution >= 0.6 is 0 Å². The second-order valence-electron chi connectivity index (χ2n) is 8.10. The first-order chi connectivity index (χ1) is 14.6. The molecule has 2 unspecified atom stereocenters. The van der Waals surface area contributed by atoms with E-state index in [4.69, 9.17) is 0 Å². The summed E-state index contributed by atoms with van der Waals surface area (Å²) in [5, 5.41) is 5.52. The highest BCUT2D eigenvalue weighted by Crippen LogP contribution is 2.51. The van der Waals surface area contributed by atoms with E-state index in [1.165, 1.54) is 11.6 Å². The van der Waals surface area contributed by atoms with E-state index in [0.717, 1.165) is 45.4 Å². The number of hydrogen-bond acceptors (Lipinski definition) is 2. The molecule has 4 aromatic rings. The van der Waals surface area contributed by atoms with Crippen molar-refractivity contribution in [2.75, 3.05) is 5.32 Å². The molecule has 0 spiro atoms. The number of allylic oxidation sites excluding steroid dienone is 1. The molecule has 0 bridgehead atoms. The molecule has 1 heterocycles. The van der Waals surface area contributed by atoms with Gasteiger partial charge in [-0.15, -0.1) is 0 Å². The second-order valence-corrected chi connectivity index (χ2v) is 8.10. The van der Waals surface area contributed by atoms with Crippen LogP contribution < -0.4 is 5.32 Å². The van der Waals surface area contributed by atoms with Gasteiger partial charge in [-0.1, -0.05) is 55.1 Å². The Hall–Kier alpha value is -3.46. The van der Waals surface area contributed by atoms with Gasteiger partial charge in [0.15, 0.2) is 0 Å². The van der Waals surface area contributed by atoms with Gasteiger partial charge in [-0.2, -0.15) is 0 Å². The molecule has 1 aliphatic rings. The van der Waals surface area contributed by atoms with Crippen molar-refractivity contribution in [2.45, 2.75) is 19.3 Å². The van der Waals surface area contributed by atoms with Crippen molar-refractivity contribution in [3.05, 3.63) is 108 Å². The topological polar surface area (TPSA) is 24.9 Å². The molecule has 1 saturated carbocycles. The molecule has 1 aliphatic carbocycles. The van der Waals surface area contributed by atoms with Crippen molar-refractivity contribution in [2.24, 2.45) is 5.92 Å². The normalized spacial score (nSPS) is 17.7. The van der Waals surface area contributed by atoms with Gasteiger partial charge in [0, 0.05) is 23.2 Å². The first-order valence-electron chi connectivity index (χ1n) is 10.3. The molecule has 0 aliphatic heterocycles. The molecule has 0 saturated heterocycles. The van der Waals surface area contributed by atoms with Crippen LogP contribution in [-0.4, -0.2) is 4.98 Å². The average Bonchev–Trinajstić information content (AvgIpc) is 3.57. The van der Waals surface area contributed by atoms with Crippen LogP contribution in [0.4, 0.5) is 10.2 Å². The van der Waals surface area contributed by atoms with Crippen molar-refractivity contribution in [3.8, 4) is 11.1 Å². The van der Waals surface area contributed by atoms with E-state index in [-0.39, 0.29) is 5.82 Å². The predicted octanol–water partition coefficient (Wildman–Crippen LogP) is 7.08. The molecule has 2 nitrogen and oxygen atoms in total. The molecule has 3 aromatic carbocycles. The number of nitrogens with one attached hydrogen (secondary N) is 1. The lowest BCUT2D eigenvalue weighted by molar-refractivity contribution is 0.628. The van der Waals surface area contributed by atoms with Crippen molar-refractivity contribution in [3.63, 3.8) is 0 Å². The molecule has 1 N–H and O–H groups in total. The molecule has 1 fully saturated rings. The Bertz CT molecular complexity index is 1250. The minimum atomic E-state index is -0.222. The monoisotopic (exact) mass is 394 g/mol. The van der Waals surface area contributed by atoms with Crippen LogP contribution in [0.2, 0.25) is 0 Å². The number of benzene rings is 3. The summed E-state index contributed by atoms with van der Waals surface area (Å²) in [5.74, 6) is 1.58. The van der Waals surface area contributed by atoms with Gasteiger partial charge in [0.2, 0.25) is 0 Å². The van der Waals surface area contributed by atoms with E-state index in [9.17, 15) is 4.39 Å². The fraction of sp³-hybridized carbons (Fsp3) is 0.148. The van der Waals surface area contributed by atoms with Crippen molar-refractivity contribution in [1.29, 1.82) is 0 Å². The summed E-state index contributed by atoms with van der Waals surface area (Å²) in [4.78, 5) is 4.58. The maximum absolute atomic E-state index is 13.7. The minimum Gasteiger partial charge on any atom is -0.344 e. The fourth-order valence-electron chi connectivity index (χ4n) is 4.19. The molecular weight excluding hydrogens is 371 g/mol. The molecule has 0 radical (unpaired) electrons. The summed E-state index contributed by atoms with van der Waals surface area (Å²) in [6, 6.07) is 23.7. The maximum atomic E-state index is 13.7. The van der Waals surface area contributed by atoms with Crippen molar-refractivity contribution < 1.29 is 4.39 Å². The highest BCUT2D eigenvalue weighted by molar-refractivity contribution is 5.89. The lowest BCUT2D eigenvalue weighted by atomic mass is 9.98. The predicted molar refractivity (Wildman–Crippen MR) is 122 cm³/mol. The Balaban J connectivity index is 1.34. The van der Waals surface area contributed by atoms with Gasteiger partial charge >= 0.3 is 0 Å². The number of rotatable bonds is 5.